The number of pyridine rings is 4. The summed E-state index contributed by atoms with van der Waals surface area (Å²) in [5, 5.41) is 0. The second-order valence-corrected chi connectivity index (χ2v) is 5.57. The largest absolute Gasteiger partial charge is 1.00 e. The second kappa shape index (κ2) is 13.6. The maximum absolute atomic E-state index is 4.19. The summed E-state index contributed by atoms with van der Waals surface area (Å²) in [5.41, 5.74) is 3.66. The molecule has 0 aliphatic heterocycles. The Kier molecular flexibility index (Phi) is 10.3. The van der Waals surface area contributed by atoms with Crippen LogP contribution < -0.4 is 4.98 Å². The van der Waals surface area contributed by atoms with Gasteiger partial charge in [0.2, 0.25) is 0 Å². The summed E-state index contributed by atoms with van der Waals surface area (Å²) in [7, 11) is 0. The van der Waals surface area contributed by atoms with Crippen molar-refractivity contribution in [2.75, 3.05) is 0 Å². The normalized spacial score (nSPS) is 9.07. The van der Waals surface area contributed by atoms with Gasteiger partial charge in [0.05, 0.1) is 22.8 Å². The van der Waals surface area contributed by atoms with Crippen LogP contribution >= 0.6 is 0 Å². The monoisotopic (exact) mass is 481 g/mol. The third-order valence-corrected chi connectivity index (χ3v) is 3.56. The van der Waals surface area contributed by atoms with Gasteiger partial charge in [0.15, 0.2) is 0 Å². The van der Waals surface area contributed by atoms with E-state index in [2.05, 4.69) is 29.9 Å². The van der Waals surface area contributed by atoms with Crippen LogP contribution in [-0.2, 0) is 19.5 Å². The molecule has 30 heavy (non-hydrogen) atoms. The fourth-order valence-electron chi connectivity index (χ4n) is 2.25. The number of hydrogen-bond acceptors (Lipinski definition) is 5. The molecular weight excluding hydrogens is 461 g/mol. The molecule has 5 aromatic rings. The van der Waals surface area contributed by atoms with E-state index in [1.807, 2.05) is 72.8 Å². The summed E-state index contributed by atoms with van der Waals surface area (Å²) < 4.78 is 0. The van der Waals surface area contributed by atoms with Gasteiger partial charge in [-0.05, 0) is 48.5 Å². The SMILES string of the molecule is [Ru+].c1c[n-]cn1.c1ccc(-c2ccccn2)nc1.c1ccc(-c2ccccn2)nc1. The van der Waals surface area contributed by atoms with Crippen molar-refractivity contribution in [2.45, 2.75) is 0 Å². The third kappa shape index (κ3) is 7.82. The molecule has 7 heteroatoms. The van der Waals surface area contributed by atoms with Crippen LogP contribution in [-0.4, -0.2) is 24.9 Å². The first-order valence-corrected chi connectivity index (χ1v) is 8.95. The van der Waals surface area contributed by atoms with Crippen molar-refractivity contribution in [3.05, 3.63) is 116 Å². The molecule has 0 aliphatic carbocycles. The molecule has 1 radical (unpaired) electrons. The van der Waals surface area contributed by atoms with Gasteiger partial charge in [-0.1, -0.05) is 43.0 Å². The van der Waals surface area contributed by atoms with Crippen molar-refractivity contribution in [3.8, 4) is 22.8 Å². The smallest absolute Gasteiger partial charge is 0.450 e. The van der Waals surface area contributed by atoms with E-state index in [0.29, 0.717) is 0 Å². The zero-order valence-electron chi connectivity index (χ0n) is 16.0. The van der Waals surface area contributed by atoms with Gasteiger partial charge in [0.1, 0.15) is 0 Å². The molecule has 0 unspecified atom stereocenters. The molecule has 6 nitrogen and oxygen atoms in total. The molecule has 149 valence electrons. The van der Waals surface area contributed by atoms with Gasteiger partial charge in [0.25, 0.3) is 0 Å². The zero-order valence-corrected chi connectivity index (χ0v) is 17.7. The molecule has 5 heterocycles. The van der Waals surface area contributed by atoms with Gasteiger partial charge in [-0.15, -0.1) is 0 Å². The Bertz CT molecular complexity index is 861. The third-order valence-electron chi connectivity index (χ3n) is 3.56. The van der Waals surface area contributed by atoms with Crippen molar-refractivity contribution >= 4 is 0 Å². The van der Waals surface area contributed by atoms with E-state index >= 15 is 0 Å². The number of nitrogens with zero attached hydrogens (tertiary/aromatic N) is 6. The van der Waals surface area contributed by atoms with E-state index in [0.717, 1.165) is 22.8 Å². The Hall–Kier alpha value is -3.57. The van der Waals surface area contributed by atoms with E-state index in [1.165, 1.54) is 6.33 Å². The van der Waals surface area contributed by atoms with Gasteiger partial charge in [-0.25, -0.2) is 0 Å². The van der Waals surface area contributed by atoms with Crippen molar-refractivity contribution < 1.29 is 19.5 Å². The summed E-state index contributed by atoms with van der Waals surface area (Å²) in [6, 6.07) is 23.2. The fourth-order valence-corrected chi connectivity index (χ4v) is 2.25. The molecule has 0 amide bonds. The Balaban J connectivity index is 0.000000170. The number of aromatic nitrogens is 6. The van der Waals surface area contributed by atoms with E-state index in [9.17, 15) is 0 Å². The van der Waals surface area contributed by atoms with Crippen LogP contribution in [0, 0.1) is 0 Å². The first-order chi connectivity index (χ1) is 14.4. The summed E-state index contributed by atoms with van der Waals surface area (Å²) >= 11 is 0. The minimum absolute atomic E-state index is 0. The summed E-state index contributed by atoms with van der Waals surface area (Å²) in [6.45, 7) is 0. The topological polar surface area (TPSA) is 78.5 Å². The second-order valence-electron chi connectivity index (χ2n) is 5.57. The first-order valence-electron chi connectivity index (χ1n) is 8.95. The summed E-state index contributed by atoms with van der Waals surface area (Å²) in [6.07, 6.45) is 11.8. The van der Waals surface area contributed by atoms with Crippen LogP contribution in [0.3, 0.4) is 0 Å². The van der Waals surface area contributed by atoms with Gasteiger partial charge >= 0.3 is 19.5 Å². The van der Waals surface area contributed by atoms with Crippen molar-refractivity contribution in [2.24, 2.45) is 0 Å². The molecule has 0 aliphatic rings. The molecule has 0 fully saturated rings. The maximum atomic E-state index is 4.19. The molecular formula is C23H19N6Ru. The molecule has 0 saturated heterocycles. The van der Waals surface area contributed by atoms with Crippen LogP contribution in [0.1, 0.15) is 0 Å². The van der Waals surface area contributed by atoms with Crippen molar-refractivity contribution in [1.29, 1.82) is 0 Å². The van der Waals surface area contributed by atoms with E-state index in [1.54, 1.807) is 37.2 Å². The maximum Gasteiger partial charge on any atom is 1.00 e. The van der Waals surface area contributed by atoms with Crippen LogP contribution in [0.4, 0.5) is 0 Å². The molecule has 5 aromatic heterocycles. The van der Waals surface area contributed by atoms with Gasteiger partial charge < -0.3 is 9.97 Å². The van der Waals surface area contributed by atoms with Crippen molar-refractivity contribution in [3.63, 3.8) is 0 Å². The summed E-state index contributed by atoms with van der Waals surface area (Å²) in [5.74, 6) is 0. The van der Waals surface area contributed by atoms with E-state index in [-0.39, 0.29) is 19.5 Å². The van der Waals surface area contributed by atoms with Crippen LogP contribution in [0.15, 0.2) is 116 Å². The molecule has 0 bridgehead atoms. The Labute approximate surface area is 188 Å². The average molecular weight is 481 g/mol. The predicted octanol–water partition coefficient (Wildman–Crippen LogP) is 4.32. The van der Waals surface area contributed by atoms with Gasteiger partial charge in [0, 0.05) is 24.8 Å². The number of hydrogen-bond donors (Lipinski definition) is 0. The van der Waals surface area contributed by atoms with Crippen LogP contribution in [0.2, 0.25) is 0 Å². The minimum atomic E-state index is 0. The molecule has 0 atom stereocenters. The Morgan fingerprint density at radius 3 is 1.00 bits per heavy atom. The fraction of sp³-hybridized carbons (Fsp3) is 0. The Morgan fingerprint density at radius 2 is 0.833 bits per heavy atom. The van der Waals surface area contributed by atoms with E-state index < -0.39 is 0 Å². The van der Waals surface area contributed by atoms with Crippen LogP contribution in [0.25, 0.3) is 22.8 Å². The predicted molar refractivity (Wildman–Crippen MR) is 112 cm³/mol. The number of imidazole rings is 1. The molecule has 5 rings (SSSR count). The van der Waals surface area contributed by atoms with Gasteiger partial charge in [-0.2, -0.15) is 0 Å². The first kappa shape index (κ1) is 22.7. The quantitative estimate of drug-likeness (QED) is 0.350. The molecule has 0 aromatic carbocycles. The van der Waals surface area contributed by atoms with Gasteiger partial charge in [-0.3, -0.25) is 19.9 Å². The molecule has 0 saturated carbocycles. The Morgan fingerprint density at radius 1 is 0.467 bits per heavy atom. The molecule has 0 spiro atoms. The van der Waals surface area contributed by atoms with Crippen molar-refractivity contribution in [1.82, 2.24) is 29.9 Å². The van der Waals surface area contributed by atoms with Crippen LogP contribution in [0.5, 0.6) is 0 Å². The summed E-state index contributed by atoms with van der Waals surface area (Å²) in [4.78, 5) is 24.0. The van der Waals surface area contributed by atoms with E-state index in [4.69, 9.17) is 0 Å². The standard InChI is InChI=1S/2C10H8N2.C3H3N2.Ru/c2*1-3-7-11-9(5-1)10-6-2-4-8-12-10;1-2-5-3-4-1;/h2*1-8H;1-3H;/q;;-1;+1. The molecule has 0 N–H and O–H groups in total. The zero-order chi connectivity index (χ0) is 20.0. The average Bonchev–Trinajstić information content (AvgIpc) is 3.42. The number of rotatable bonds is 2. The minimum Gasteiger partial charge on any atom is -0.450 e.